The van der Waals surface area contributed by atoms with Gasteiger partial charge in [0.1, 0.15) is 5.82 Å². The highest BCUT2D eigenvalue weighted by Gasteiger charge is 2.35. The van der Waals surface area contributed by atoms with Crippen LogP contribution >= 0.6 is 22.6 Å². The van der Waals surface area contributed by atoms with Crippen LogP contribution in [0.25, 0.3) is 16.7 Å². The summed E-state index contributed by atoms with van der Waals surface area (Å²) in [6.07, 6.45) is 10.6. The molecule has 1 aliphatic rings. The van der Waals surface area contributed by atoms with Crippen molar-refractivity contribution in [2.75, 3.05) is 4.93 Å². The van der Waals surface area contributed by atoms with Crippen LogP contribution in [-0.4, -0.2) is 14.7 Å². The van der Waals surface area contributed by atoms with Crippen molar-refractivity contribution in [3.63, 3.8) is 0 Å². The summed E-state index contributed by atoms with van der Waals surface area (Å²) in [5.74, 6) is 1.33. The van der Waals surface area contributed by atoms with Crippen LogP contribution in [0.1, 0.15) is 81.3 Å². The van der Waals surface area contributed by atoms with Gasteiger partial charge in [-0.25, -0.2) is 4.39 Å². The van der Waals surface area contributed by atoms with E-state index in [1.165, 1.54) is 39.8 Å². The highest BCUT2D eigenvalue weighted by molar-refractivity contribution is 14.1. The van der Waals surface area contributed by atoms with E-state index < -0.39 is 0 Å². The molecule has 2 nitrogen and oxygen atoms in total. The van der Waals surface area contributed by atoms with Gasteiger partial charge in [-0.05, 0) is 108 Å². The van der Waals surface area contributed by atoms with Crippen LogP contribution in [0.4, 0.5) is 4.39 Å². The Morgan fingerprint density at radius 2 is 1.72 bits per heavy atom. The number of nitrogens with zero attached hydrogens (tertiary/aromatic N) is 2. The number of halogens is 2. The summed E-state index contributed by atoms with van der Waals surface area (Å²) in [6, 6.07) is 10.0. The fourth-order valence-corrected chi connectivity index (χ4v) is 4.50. The highest BCUT2D eigenvalue weighted by atomic mass is 127. The fourth-order valence-electron chi connectivity index (χ4n) is 4.50. The molecule has 0 saturated heterocycles. The van der Waals surface area contributed by atoms with E-state index in [4.69, 9.17) is 0 Å². The molecule has 0 aliphatic heterocycles. The summed E-state index contributed by atoms with van der Waals surface area (Å²) in [5, 5.41) is 4.52. The zero-order valence-electron chi connectivity index (χ0n) is 25.2. The number of hydrogen-bond donors (Lipinski definition) is 0. The molecule has 1 aromatic heterocycles. The minimum Gasteiger partial charge on any atom is -0.270 e. The van der Waals surface area contributed by atoms with E-state index in [1.54, 1.807) is 18.2 Å². The second-order valence-corrected chi connectivity index (χ2v) is 9.32. The first-order valence-electron chi connectivity index (χ1n) is 13.6. The fraction of sp³-hybridized carbons (Fsp3) is 0.343. The topological polar surface area (TPSA) is 17.8 Å². The largest absolute Gasteiger partial charge is 0.270 e. The summed E-state index contributed by atoms with van der Waals surface area (Å²) >= 11 is 2.15. The standard InChI is InChI=1S/C27H30FN2.C5H6.C2H6.CH3I/c1-7-23-18(5)10-20(21-14-29-30(15-21)16(2)3)11-26(23)27-13-25(27)19(6)24-12-22(28)9-8-17(24)4;1-3-5-4-2;2*1-2/h8-16,19H,7H2,1-6H3;3,5H,1-2H2;1-2H3;1H3/t19-;;;/m1.../s1. The van der Waals surface area contributed by atoms with Crippen LogP contribution in [0.3, 0.4) is 0 Å². The Bertz CT molecular complexity index is 1290. The van der Waals surface area contributed by atoms with Crippen LogP contribution in [0, 0.1) is 25.6 Å². The van der Waals surface area contributed by atoms with Crippen molar-refractivity contribution in [2.45, 2.75) is 73.8 Å². The summed E-state index contributed by atoms with van der Waals surface area (Å²) in [7, 11) is 0. The van der Waals surface area contributed by atoms with Crippen molar-refractivity contribution in [3.05, 3.63) is 119 Å². The quantitative estimate of drug-likeness (QED) is 0.109. The first-order valence-corrected chi connectivity index (χ1v) is 15.8. The summed E-state index contributed by atoms with van der Waals surface area (Å²) < 4.78 is 15.8. The van der Waals surface area contributed by atoms with Gasteiger partial charge in [0.2, 0.25) is 0 Å². The van der Waals surface area contributed by atoms with E-state index in [-0.39, 0.29) is 11.7 Å². The van der Waals surface area contributed by atoms with Gasteiger partial charge in [0.15, 0.2) is 0 Å². The van der Waals surface area contributed by atoms with Crippen molar-refractivity contribution < 1.29 is 4.39 Å². The summed E-state index contributed by atoms with van der Waals surface area (Å²) in [6.45, 7) is 23.6. The van der Waals surface area contributed by atoms with Gasteiger partial charge in [0.05, 0.1) is 6.20 Å². The number of aryl methyl sites for hydroxylation is 2. The molecule has 0 spiro atoms. The normalized spacial score (nSPS) is 12.4. The summed E-state index contributed by atoms with van der Waals surface area (Å²) in [4.78, 5) is 1.97. The minimum atomic E-state index is -0.167. The summed E-state index contributed by atoms with van der Waals surface area (Å²) in [5.41, 5.74) is 12.4. The molecule has 0 unspecified atom stereocenters. The van der Waals surface area contributed by atoms with E-state index >= 15 is 0 Å². The maximum Gasteiger partial charge on any atom is 0.123 e. The first kappa shape index (κ1) is 34.3. The molecule has 4 heteroatoms. The van der Waals surface area contributed by atoms with Gasteiger partial charge in [-0.3, -0.25) is 4.68 Å². The number of benzene rings is 2. The van der Waals surface area contributed by atoms with E-state index in [2.05, 4.69) is 113 Å². The average Bonchev–Trinajstić information content (AvgIpc) is 3.58. The van der Waals surface area contributed by atoms with Gasteiger partial charge in [-0.1, -0.05) is 87.7 Å². The predicted octanol–water partition coefficient (Wildman–Crippen LogP) is 10.8. The number of rotatable bonds is 7. The lowest BCUT2D eigenvalue weighted by Gasteiger charge is -2.17. The van der Waals surface area contributed by atoms with Crippen LogP contribution in [0.2, 0.25) is 0 Å². The molecule has 0 N–H and O–H groups in total. The molecule has 1 radical (unpaired) electrons. The molecular formula is C35H45FIN2. The van der Waals surface area contributed by atoms with Crippen molar-refractivity contribution in [3.8, 4) is 11.1 Å². The Kier molecular flexibility index (Phi) is 15.1. The molecule has 3 aromatic rings. The molecule has 1 aliphatic carbocycles. The van der Waals surface area contributed by atoms with E-state index in [1.807, 2.05) is 35.7 Å². The third-order valence-corrected chi connectivity index (χ3v) is 6.52. The Labute approximate surface area is 250 Å². The predicted molar refractivity (Wildman–Crippen MR) is 178 cm³/mol. The number of aromatic nitrogens is 2. The Hall–Kier alpha value is -2.69. The molecule has 209 valence electrons. The molecule has 4 rings (SSSR count). The number of alkyl halides is 1. The second-order valence-electron chi connectivity index (χ2n) is 9.32. The number of hydrogen-bond acceptors (Lipinski definition) is 1. The van der Waals surface area contributed by atoms with E-state index in [9.17, 15) is 4.39 Å². The van der Waals surface area contributed by atoms with Crippen molar-refractivity contribution in [1.82, 2.24) is 9.78 Å². The van der Waals surface area contributed by atoms with Gasteiger partial charge < -0.3 is 0 Å². The monoisotopic (exact) mass is 639 g/mol. The van der Waals surface area contributed by atoms with Crippen LogP contribution < -0.4 is 0 Å². The van der Waals surface area contributed by atoms with Gasteiger partial charge in [0.25, 0.3) is 0 Å². The van der Waals surface area contributed by atoms with E-state index in [0.717, 1.165) is 23.1 Å². The van der Waals surface area contributed by atoms with Gasteiger partial charge >= 0.3 is 0 Å². The minimum absolute atomic E-state index is 0.167. The third kappa shape index (κ3) is 9.19. The SMILES string of the molecule is C=C=CC=C.CC.CCc1c(C)cc(-c2cnn(C(C)C)c2)cc1C1=C[C]1[C@H](C)c1cc(F)ccc1C.CI. The smallest absolute Gasteiger partial charge is 0.123 e. The molecule has 1 atom stereocenters. The molecule has 0 saturated carbocycles. The molecule has 39 heavy (non-hydrogen) atoms. The van der Waals surface area contributed by atoms with Gasteiger partial charge in [0, 0.05) is 23.7 Å². The maximum absolute atomic E-state index is 13.8. The lowest BCUT2D eigenvalue weighted by atomic mass is 9.86. The number of allylic oxidation sites excluding steroid dienone is 4. The zero-order valence-corrected chi connectivity index (χ0v) is 27.4. The van der Waals surface area contributed by atoms with E-state index in [0.29, 0.717) is 6.04 Å². The lowest BCUT2D eigenvalue weighted by molar-refractivity contribution is 0.532. The molecule has 0 amide bonds. The lowest BCUT2D eigenvalue weighted by Crippen LogP contribution is -2.02. The Balaban J connectivity index is 0.000000748. The van der Waals surface area contributed by atoms with Crippen LogP contribution in [0.5, 0.6) is 0 Å². The van der Waals surface area contributed by atoms with Gasteiger partial charge in [-0.2, -0.15) is 5.10 Å². The van der Waals surface area contributed by atoms with Crippen molar-refractivity contribution in [2.24, 2.45) is 0 Å². The first-order chi connectivity index (χ1) is 18.7. The van der Waals surface area contributed by atoms with Crippen molar-refractivity contribution >= 4 is 28.2 Å². The molecule has 0 fully saturated rings. The third-order valence-electron chi connectivity index (χ3n) is 6.52. The molecular weight excluding hydrogens is 594 g/mol. The zero-order chi connectivity index (χ0) is 29.7. The Morgan fingerprint density at radius 1 is 1.05 bits per heavy atom. The maximum atomic E-state index is 13.8. The Morgan fingerprint density at radius 3 is 2.23 bits per heavy atom. The van der Waals surface area contributed by atoms with Gasteiger partial charge in [-0.15, -0.1) is 5.73 Å². The van der Waals surface area contributed by atoms with Crippen LogP contribution in [-0.2, 0) is 6.42 Å². The second kappa shape index (κ2) is 17.1. The average molecular weight is 640 g/mol. The van der Waals surface area contributed by atoms with Crippen molar-refractivity contribution in [1.29, 1.82) is 0 Å². The highest BCUT2D eigenvalue weighted by Crippen LogP contribution is 2.51. The molecule has 1 heterocycles. The molecule has 0 bridgehead atoms. The molecule has 2 aromatic carbocycles. The van der Waals surface area contributed by atoms with Crippen LogP contribution in [0.15, 0.2) is 79.8 Å².